The van der Waals surface area contributed by atoms with Crippen LogP contribution < -0.4 is 10.1 Å². The fourth-order valence-electron chi connectivity index (χ4n) is 1.93. The van der Waals surface area contributed by atoms with Gasteiger partial charge in [0.25, 0.3) is 0 Å². The van der Waals surface area contributed by atoms with Crippen molar-refractivity contribution in [2.24, 2.45) is 0 Å². The maximum atomic E-state index is 11.5. The smallest absolute Gasteiger partial charge is 0.411 e. The quantitative estimate of drug-likeness (QED) is 0.647. The summed E-state index contributed by atoms with van der Waals surface area (Å²) in [6.07, 6.45) is 1.48. The highest BCUT2D eigenvalue weighted by atomic mass is 35.5. The lowest BCUT2D eigenvalue weighted by atomic mass is 10.3. The lowest BCUT2D eigenvalue weighted by Crippen LogP contribution is -2.27. The Morgan fingerprint density at radius 3 is 2.30 bits per heavy atom. The molecule has 0 aliphatic heterocycles. The number of unbranched alkanes of at least 4 members (excludes halogenated alkanes) is 1. The van der Waals surface area contributed by atoms with Crippen LogP contribution in [-0.4, -0.2) is 43.8 Å². The fourth-order valence-corrected chi connectivity index (χ4v) is 1.93. The molecule has 0 fully saturated rings. The minimum Gasteiger partial charge on any atom is -0.492 e. The van der Waals surface area contributed by atoms with Gasteiger partial charge >= 0.3 is 6.09 Å². The second-order valence-corrected chi connectivity index (χ2v) is 5.01. The molecule has 0 atom stereocenters. The Bertz CT molecular complexity index is 422. The largest absolute Gasteiger partial charge is 0.492 e. The van der Waals surface area contributed by atoms with Crippen molar-refractivity contribution in [2.75, 3.05) is 38.2 Å². The number of ether oxygens (including phenoxy) is 2. The first-order valence-corrected chi connectivity index (χ1v) is 8.08. The zero-order valence-electron chi connectivity index (χ0n) is 14.3. The van der Waals surface area contributed by atoms with Crippen LogP contribution in [-0.2, 0) is 4.74 Å². The summed E-state index contributed by atoms with van der Waals surface area (Å²) in [4.78, 5) is 13.8. The Labute approximate surface area is 145 Å². The number of hydrogen-bond acceptors (Lipinski definition) is 4. The molecular weight excluding hydrogens is 316 g/mol. The predicted octanol–water partition coefficient (Wildman–Crippen LogP) is 4.18. The minimum atomic E-state index is -0.413. The molecular formula is C17H29ClN2O3. The van der Waals surface area contributed by atoms with Gasteiger partial charge in [-0.05, 0) is 43.8 Å². The number of halogens is 1. The molecule has 0 unspecified atom stereocenters. The second kappa shape index (κ2) is 13.0. The maximum Gasteiger partial charge on any atom is 0.411 e. The van der Waals surface area contributed by atoms with E-state index in [2.05, 4.69) is 31.0 Å². The van der Waals surface area contributed by atoms with Gasteiger partial charge in [-0.2, -0.15) is 0 Å². The molecule has 23 heavy (non-hydrogen) atoms. The summed E-state index contributed by atoms with van der Waals surface area (Å²) >= 11 is 0. The molecule has 0 radical (unpaired) electrons. The van der Waals surface area contributed by atoms with E-state index < -0.39 is 6.09 Å². The van der Waals surface area contributed by atoms with Crippen LogP contribution >= 0.6 is 12.4 Å². The van der Waals surface area contributed by atoms with E-state index in [0.29, 0.717) is 18.9 Å². The molecule has 0 aliphatic rings. The minimum absolute atomic E-state index is 0. The molecule has 0 saturated heterocycles. The SMILES string of the molecule is CCCCOC(=O)Nc1ccc(OCCN(CC)CC)cc1.Cl. The van der Waals surface area contributed by atoms with E-state index in [1.165, 1.54) is 0 Å². The Morgan fingerprint density at radius 1 is 1.09 bits per heavy atom. The third kappa shape index (κ3) is 9.31. The first kappa shape index (κ1) is 21.5. The number of likely N-dealkylation sites (N-methyl/N-ethyl adjacent to an activating group) is 1. The van der Waals surface area contributed by atoms with Crippen LogP contribution in [0.3, 0.4) is 0 Å². The van der Waals surface area contributed by atoms with Crippen molar-refractivity contribution in [3.05, 3.63) is 24.3 Å². The molecule has 0 aliphatic carbocycles. The fraction of sp³-hybridized carbons (Fsp3) is 0.588. The van der Waals surface area contributed by atoms with Gasteiger partial charge in [0.05, 0.1) is 6.61 Å². The Hall–Kier alpha value is -1.46. The Morgan fingerprint density at radius 2 is 1.74 bits per heavy atom. The lowest BCUT2D eigenvalue weighted by molar-refractivity contribution is 0.160. The van der Waals surface area contributed by atoms with E-state index in [9.17, 15) is 4.79 Å². The van der Waals surface area contributed by atoms with Gasteiger partial charge in [0.1, 0.15) is 12.4 Å². The van der Waals surface area contributed by atoms with Gasteiger partial charge in [-0.25, -0.2) is 4.79 Å². The van der Waals surface area contributed by atoms with E-state index in [1.54, 1.807) is 0 Å². The van der Waals surface area contributed by atoms with Crippen LogP contribution in [0.1, 0.15) is 33.6 Å². The van der Waals surface area contributed by atoms with Crippen LogP contribution in [0.4, 0.5) is 10.5 Å². The van der Waals surface area contributed by atoms with Crippen molar-refractivity contribution < 1.29 is 14.3 Å². The molecule has 6 heteroatoms. The van der Waals surface area contributed by atoms with E-state index in [1.807, 2.05) is 24.3 Å². The maximum absolute atomic E-state index is 11.5. The Balaban J connectivity index is 0.00000484. The van der Waals surface area contributed by atoms with Gasteiger partial charge < -0.3 is 14.4 Å². The molecule has 1 amide bonds. The molecule has 0 bridgehead atoms. The summed E-state index contributed by atoms with van der Waals surface area (Å²) < 4.78 is 10.7. The monoisotopic (exact) mass is 344 g/mol. The topological polar surface area (TPSA) is 50.8 Å². The molecule has 0 heterocycles. The molecule has 0 saturated carbocycles. The number of rotatable bonds is 10. The molecule has 0 aromatic heterocycles. The number of hydrogen-bond donors (Lipinski definition) is 1. The van der Waals surface area contributed by atoms with Gasteiger partial charge in [0, 0.05) is 12.2 Å². The van der Waals surface area contributed by atoms with Crippen molar-refractivity contribution in [1.29, 1.82) is 0 Å². The van der Waals surface area contributed by atoms with Crippen LogP contribution in [0.15, 0.2) is 24.3 Å². The number of anilines is 1. The van der Waals surface area contributed by atoms with E-state index in [4.69, 9.17) is 9.47 Å². The highest BCUT2D eigenvalue weighted by Crippen LogP contribution is 2.15. The van der Waals surface area contributed by atoms with Gasteiger partial charge in [-0.15, -0.1) is 12.4 Å². The van der Waals surface area contributed by atoms with E-state index in [-0.39, 0.29) is 12.4 Å². The van der Waals surface area contributed by atoms with Crippen molar-refractivity contribution in [2.45, 2.75) is 33.6 Å². The summed E-state index contributed by atoms with van der Waals surface area (Å²) in [6.45, 7) is 10.4. The summed E-state index contributed by atoms with van der Waals surface area (Å²) in [5.41, 5.74) is 0.706. The standard InChI is InChI=1S/C17H28N2O3.ClH/c1-4-7-13-22-17(20)18-15-8-10-16(11-9-15)21-14-12-19(5-2)6-3;/h8-11H,4-7,12-14H2,1-3H3,(H,18,20);1H. The second-order valence-electron chi connectivity index (χ2n) is 5.01. The van der Waals surface area contributed by atoms with Gasteiger partial charge in [0.15, 0.2) is 0 Å². The van der Waals surface area contributed by atoms with Crippen LogP contribution in [0, 0.1) is 0 Å². The number of carbonyl (C=O) groups excluding carboxylic acids is 1. The highest BCUT2D eigenvalue weighted by Gasteiger charge is 2.03. The molecule has 1 rings (SSSR count). The molecule has 132 valence electrons. The van der Waals surface area contributed by atoms with Gasteiger partial charge in [-0.3, -0.25) is 5.32 Å². The zero-order chi connectivity index (χ0) is 16.2. The number of carbonyl (C=O) groups is 1. The normalized spacial score (nSPS) is 10.1. The average Bonchev–Trinajstić information content (AvgIpc) is 2.53. The van der Waals surface area contributed by atoms with Crippen molar-refractivity contribution in [1.82, 2.24) is 4.90 Å². The third-order valence-corrected chi connectivity index (χ3v) is 3.40. The van der Waals surface area contributed by atoms with Crippen molar-refractivity contribution >= 4 is 24.2 Å². The zero-order valence-corrected chi connectivity index (χ0v) is 15.2. The summed E-state index contributed by atoms with van der Waals surface area (Å²) in [5.74, 6) is 0.803. The lowest BCUT2D eigenvalue weighted by Gasteiger charge is -2.18. The molecule has 5 nitrogen and oxygen atoms in total. The van der Waals surface area contributed by atoms with Crippen molar-refractivity contribution in [3.63, 3.8) is 0 Å². The van der Waals surface area contributed by atoms with E-state index >= 15 is 0 Å². The first-order chi connectivity index (χ1) is 10.7. The third-order valence-electron chi connectivity index (χ3n) is 3.40. The summed E-state index contributed by atoms with van der Waals surface area (Å²) in [6, 6.07) is 7.33. The van der Waals surface area contributed by atoms with Gasteiger partial charge in [0.2, 0.25) is 0 Å². The Kier molecular flexibility index (Phi) is 12.2. The number of benzene rings is 1. The molecule has 1 aromatic carbocycles. The van der Waals surface area contributed by atoms with Crippen molar-refractivity contribution in [3.8, 4) is 5.75 Å². The van der Waals surface area contributed by atoms with Crippen LogP contribution in [0.25, 0.3) is 0 Å². The van der Waals surface area contributed by atoms with E-state index in [0.717, 1.165) is 38.2 Å². The van der Waals surface area contributed by atoms with Crippen LogP contribution in [0.2, 0.25) is 0 Å². The first-order valence-electron chi connectivity index (χ1n) is 8.08. The van der Waals surface area contributed by atoms with Gasteiger partial charge in [-0.1, -0.05) is 27.2 Å². The molecule has 1 N–H and O–H groups in total. The highest BCUT2D eigenvalue weighted by molar-refractivity contribution is 5.85. The molecule has 1 aromatic rings. The van der Waals surface area contributed by atoms with Crippen LogP contribution in [0.5, 0.6) is 5.75 Å². The average molecular weight is 345 g/mol. The summed E-state index contributed by atoms with van der Waals surface area (Å²) in [5, 5.41) is 2.70. The predicted molar refractivity (Wildman–Crippen MR) is 96.9 cm³/mol. The summed E-state index contributed by atoms with van der Waals surface area (Å²) in [7, 11) is 0. The number of nitrogens with zero attached hydrogens (tertiary/aromatic N) is 1. The number of amides is 1. The molecule has 0 spiro atoms. The number of nitrogens with one attached hydrogen (secondary N) is 1.